The first kappa shape index (κ1) is 16.9. The van der Waals surface area contributed by atoms with Crippen LogP contribution in [0.1, 0.15) is 27.7 Å². The van der Waals surface area contributed by atoms with E-state index in [9.17, 15) is 0 Å². The van der Waals surface area contributed by atoms with Gasteiger partial charge in [0.25, 0.3) is 0 Å². The molecule has 0 aliphatic carbocycles. The van der Waals surface area contributed by atoms with Crippen LogP contribution in [0.15, 0.2) is 0 Å². The zero-order valence-corrected chi connectivity index (χ0v) is 17.6. The van der Waals surface area contributed by atoms with Crippen molar-refractivity contribution in [3.63, 3.8) is 0 Å². The smallest absolute Gasteiger partial charge is 0.0345 e. The molecule has 0 aliphatic rings. The lowest BCUT2D eigenvalue weighted by molar-refractivity contribution is 0.387. The normalized spacial score (nSPS) is 24.9. The third-order valence-electron chi connectivity index (χ3n) is 2.80. The molecule has 6 unspecified atom stereocenters. The summed E-state index contributed by atoms with van der Waals surface area (Å²) in [6.45, 7) is 9.42. The Kier molecular flexibility index (Phi) is 9.79. The number of alkyl halides is 4. The SMILES string of the molecule is CC(I)C(C)C(C)C(I)C(I)C(C)I. The van der Waals surface area contributed by atoms with E-state index in [1.54, 1.807) is 0 Å². The average Bonchev–Trinajstić information content (AvgIpc) is 2.12. The maximum Gasteiger partial charge on any atom is 0.0345 e. The Morgan fingerprint density at radius 1 is 0.571 bits per heavy atom. The van der Waals surface area contributed by atoms with Gasteiger partial charge in [-0.1, -0.05) is 118 Å². The van der Waals surface area contributed by atoms with Crippen molar-refractivity contribution in [2.24, 2.45) is 11.8 Å². The fourth-order valence-corrected chi connectivity index (χ4v) is 5.08. The largest absolute Gasteiger partial charge is 0.0826 e. The third kappa shape index (κ3) is 5.50. The standard InChI is InChI=1S/C10H18I4/c1-5(7(3)11)6(2)9(13)10(14)8(4)12/h5-10H,1-4H3. The number of hydrogen-bond acceptors (Lipinski definition) is 0. The number of halogens is 4. The first-order valence-electron chi connectivity index (χ1n) is 4.85. The highest BCUT2D eigenvalue weighted by molar-refractivity contribution is 14.1. The van der Waals surface area contributed by atoms with E-state index >= 15 is 0 Å². The van der Waals surface area contributed by atoms with Crippen molar-refractivity contribution in [2.45, 2.75) is 43.4 Å². The van der Waals surface area contributed by atoms with Gasteiger partial charge in [0.2, 0.25) is 0 Å². The van der Waals surface area contributed by atoms with Crippen LogP contribution in [0, 0.1) is 11.8 Å². The van der Waals surface area contributed by atoms with Crippen LogP contribution in [0.4, 0.5) is 0 Å². The van der Waals surface area contributed by atoms with E-state index in [1.165, 1.54) is 0 Å². The molecule has 0 amide bonds. The van der Waals surface area contributed by atoms with Crippen molar-refractivity contribution >= 4 is 90.4 Å². The predicted molar refractivity (Wildman–Crippen MR) is 101 cm³/mol. The van der Waals surface area contributed by atoms with E-state index in [-0.39, 0.29) is 0 Å². The van der Waals surface area contributed by atoms with E-state index in [0.29, 0.717) is 0 Å². The molecular formula is C10H18I4. The predicted octanol–water partition coefficient (Wildman–Crippen LogP) is 5.51. The van der Waals surface area contributed by atoms with Crippen LogP contribution in [0.3, 0.4) is 0 Å². The lowest BCUT2D eigenvalue weighted by Gasteiger charge is -2.31. The average molecular weight is 646 g/mol. The van der Waals surface area contributed by atoms with E-state index in [0.717, 1.165) is 27.5 Å². The Hall–Kier alpha value is 2.92. The topological polar surface area (TPSA) is 0 Å². The van der Waals surface area contributed by atoms with Crippen LogP contribution in [0.5, 0.6) is 0 Å². The van der Waals surface area contributed by atoms with Gasteiger partial charge in [0.15, 0.2) is 0 Å². The van der Waals surface area contributed by atoms with Crippen LogP contribution in [0.25, 0.3) is 0 Å². The van der Waals surface area contributed by atoms with Crippen LogP contribution < -0.4 is 0 Å². The van der Waals surface area contributed by atoms with Crippen molar-refractivity contribution < 1.29 is 0 Å². The Bertz CT molecular complexity index is 140. The minimum absolute atomic E-state index is 0.759. The van der Waals surface area contributed by atoms with Crippen molar-refractivity contribution in [1.29, 1.82) is 0 Å². The maximum absolute atomic E-state index is 2.64. The Balaban J connectivity index is 4.30. The molecule has 0 aromatic carbocycles. The monoisotopic (exact) mass is 646 g/mol. The molecule has 0 bridgehead atoms. The summed E-state index contributed by atoms with van der Waals surface area (Å²) in [6.07, 6.45) is 0. The minimum Gasteiger partial charge on any atom is -0.0826 e. The molecule has 0 radical (unpaired) electrons. The highest BCUT2D eigenvalue weighted by Gasteiger charge is 2.30. The summed E-state index contributed by atoms with van der Waals surface area (Å²) in [5.41, 5.74) is 0. The molecule has 0 fully saturated rings. The molecule has 6 atom stereocenters. The maximum atomic E-state index is 2.64. The Morgan fingerprint density at radius 3 is 1.29 bits per heavy atom. The van der Waals surface area contributed by atoms with Crippen molar-refractivity contribution in [1.82, 2.24) is 0 Å². The molecule has 0 N–H and O–H groups in total. The summed E-state index contributed by atoms with van der Waals surface area (Å²) >= 11 is 10.3. The van der Waals surface area contributed by atoms with Crippen LogP contribution in [-0.2, 0) is 0 Å². The molecule has 0 saturated heterocycles. The van der Waals surface area contributed by atoms with Crippen molar-refractivity contribution in [3.8, 4) is 0 Å². The zero-order chi connectivity index (χ0) is 11.5. The van der Waals surface area contributed by atoms with Gasteiger partial charge >= 0.3 is 0 Å². The molecule has 0 saturated carbocycles. The molecule has 0 heterocycles. The van der Waals surface area contributed by atoms with E-state index in [4.69, 9.17) is 0 Å². The van der Waals surface area contributed by atoms with Gasteiger partial charge in [-0.2, -0.15) is 0 Å². The van der Waals surface area contributed by atoms with Crippen LogP contribution >= 0.6 is 90.4 Å². The van der Waals surface area contributed by atoms with Gasteiger partial charge in [-0.15, -0.1) is 0 Å². The lowest BCUT2D eigenvalue weighted by Crippen LogP contribution is -2.33. The summed E-state index contributed by atoms with van der Waals surface area (Å²) in [6, 6.07) is 0. The summed E-state index contributed by atoms with van der Waals surface area (Å²) in [7, 11) is 0. The summed E-state index contributed by atoms with van der Waals surface area (Å²) in [4.78, 5) is 0. The molecule has 0 rings (SSSR count). The summed E-state index contributed by atoms with van der Waals surface area (Å²) in [5.74, 6) is 1.62. The van der Waals surface area contributed by atoms with Gasteiger partial charge in [0.05, 0.1) is 0 Å². The first-order chi connectivity index (χ1) is 6.29. The Morgan fingerprint density at radius 2 is 1.00 bits per heavy atom. The highest BCUT2D eigenvalue weighted by atomic mass is 127. The van der Waals surface area contributed by atoms with Gasteiger partial charge in [0, 0.05) is 15.7 Å². The molecule has 4 heteroatoms. The van der Waals surface area contributed by atoms with Gasteiger partial charge in [-0.05, 0) is 11.8 Å². The quantitative estimate of drug-likeness (QED) is 0.273. The van der Waals surface area contributed by atoms with E-state index in [1.807, 2.05) is 0 Å². The fourth-order valence-electron chi connectivity index (χ4n) is 1.25. The summed E-state index contributed by atoms with van der Waals surface area (Å²) in [5, 5.41) is 0. The van der Waals surface area contributed by atoms with Gasteiger partial charge in [-0.25, -0.2) is 0 Å². The molecule has 0 aliphatic heterocycles. The second kappa shape index (κ2) is 8.10. The number of rotatable bonds is 5. The molecule has 0 spiro atoms. The van der Waals surface area contributed by atoms with Gasteiger partial charge < -0.3 is 0 Å². The summed E-state index contributed by atoms with van der Waals surface area (Å²) < 4.78 is 3.09. The molecular weight excluding hydrogens is 628 g/mol. The zero-order valence-electron chi connectivity index (χ0n) is 8.98. The van der Waals surface area contributed by atoms with Crippen molar-refractivity contribution in [2.75, 3.05) is 0 Å². The van der Waals surface area contributed by atoms with Crippen molar-refractivity contribution in [3.05, 3.63) is 0 Å². The molecule has 86 valence electrons. The van der Waals surface area contributed by atoms with Crippen LogP contribution in [0.2, 0.25) is 0 Å². The second-order valence-corrected chi connectivity index (χ2v) is 10.8. The lowest BCUT2D eigenvalue weighted by atomic mass is 9.89. The minimum atomic E-state index is 0.759. The third-order valence-corrected chi connectivity index (χ3v) is 11.2. The highest BCUT2D eigenvalue weighted by Crippen LogP contribution is 2.35. The second-order valence-electron chi connectivity index (χ2n) is 3.96. The molecule has 0 nitrogen and oxygen atoms in total. The first-order valence-corrected chi connectivity index (χ1v) is 9.83. The number of hydrogen-bond donors (Lipinski definition) is 0. The van der Waals surface area contributed by atoms with E-state index in [2.05, 4.69) is 118 Å². The molecule has 0 aromatic heterocycles. The Labute approximate surface area is 143 Å². The van der Waals surface area contributed by atoms with Gasteiger partial charge in [0.1, 0.15) is 0 Å². The van der Waals surface area contributed by atoms with Gasteiger partial charge in [-0.3, -0.25) is 0 Å². The molecule has 14 heavy (non-hydrogen) atoms. The fraction of sp³-hybridized carbons (Fsp3) is 1.00. The van der Waals surface area contributed by atoms with E-state index < -0.39 is 0 Å². The molecule has 0 aromatic rings. The van der Waals surface area contributed by atoms with Crippen LogP contribution in [-0.4, -0.2) is 15.7 Å².